The summed E-state index contributed by atoms with van der Waals surface area (Å²) in [5, 5.41) is 2.88. The molecular formula is C18H20. The maximum Gasteiger partial charge on any atom is -0.00382 e. The summed E-state index contributed by atoms with van der Waals surface area (Å²) >= 11 is 0. The first kappa shape index (κ1) is 10.6. The largest absolute Gasteiger partial charge is 0.0616 e. The van der Waals surface area contributed by atoms with Gasteiger partial charge in [0.1, 0.15) is 0 Å². The molecule has 2 bridgehead atoms. The van der Waals surface area contributed by atoms with E-state index < -0.39 is 0 Å². The van der Waals surface area contributed by atoms with Crippen molar-refractivity contribution in [1.82, 2.24) is 0 Å². The Balaban J connectivity index is 1.92. The summed E-state index contributed by atoms with van der Waals surface area (Å²) in [5.41, 5.74) is 2.04. The Morgan fingerprint density at radius 2 is 1.83 bits per heavy atom. The first-order valence-electron chi connectivity index (χ1n) is 7.25. The van der Waals surface area contributed by atoms with Gasteiger partial charge in [-0.1, -0.05) is 55.8 Å². The van der Waals surface area contributed by atoms with Gasteiger partial charge in [-0.15, -0.1) is 0 Å². The molecule has 4 rings (SSSR count). The molecule has 2 aromatic rings. The van der Waals surface area contributed by atoms with E-state index in [1.54, 1.807) is 5.56 Å². The fourth-order valence-electron chi connectivity index (χ4n) is 4.66. The molecule has 18 heavy (non-hydrogen) atoms. The highest BCUT2D eigenvalue weighted by Gasteiger charge is 2.49. The zero-order valence-electron chi connectivity index (χ0n) is 11.0. The van der Waals surface area contributed by atoms with E-state index in [-0.39, 0.29) is 0 Å². The van der Waals surface area contributed by atoms with Gasteiger partial charge < -0.3 is 0 Å². The molecule has 2 aromatic carbocycles. The quantitative estimate of drug-likeness (QED) is 0.659. The van der Waals surface area contributed by atoms with Gasteiger partial charge in [0.05, 0.1) is 0 Å². The molecule has 2 aliphatic carbocycles. The highest BCUT2D eigenvalue weighted by Crippen LogP contribution is 2.57. The second kappa shape index (κ2) is 3.60. The molecule has 0 aromatic heterocycles. The first-order chi connectivity index (χ1) is 8.77. The molecule has 0 nitrogen and oxygen atoms in total. The topological polar surface area (TPSA) is 0 Å². The van der Waals surface area contributed by atoms with Crippen LogP contribution in [0.5, 0.6) is 0 Å². The van der Waals surface area contributed by atoms with Gasteiger partial charge in [0.15, 0.2) is 0 Å². The summed E-state index contributed by atoms with van der Waals surface area (Å²) < 4.78 is 0. The third-order valence-electron chi connectivity index (χ3n) is 5.56. The van der Waals surface area contributed by atoms with Crippen molar-refractivity contribution in [2.24, 2.45) is 11.8 Å². The van der Waals surface area contributed by atoms with E-state index in [4.69, 9.17) is 0 Å². The maximum absolute atomic E-state index is 2.51. The number of fused-ring (bicyclic) bond motifs is 3. The first-order valence-corrected chi connectivity index (χ1v) is 7.25. The molecular weight excluding hydrogens is 216 g/mol. The van der Waals surface area contributed by atoms with Crippen molar-refractivity contribution in [1.29, 1.82) is 0 Å². The van der Waals surface area contributed by atoms with Gasteiger partial charge in [0.2, 0.25) is 0 Å². The summed E-state index contributed by atoms with van der Waals surface area (Å²) in [6.07, 6.45) is 5.81. The Morgan fingerprint density at radius 1 is 1.00 bits per heavy atom. The van der Waals surface area contributed by atoms with E-state index in [1.165, 1.54) is 36.5 Å². The molecule has 2 saturated carbocycles. The second-order valence-corrected chi connectivity index (χ2v) is 6.52. The molecule has 2 aliphatic rings. The lowest BCUT2D eigenvalue weighted by atomic mass is 9.69. The van der Waals surface area contributed by atoms with E-state index in [0.29, 0.717) is 5.41 Å². The zero-order valence-corrected chi connectivity index (χ0v) is 11.0. The van der Waals surface area contributed by atoms with Crippen LogP contribution in [0.3, 0.4) is 0 Å². The molecule has 0 N–H and O–H groups in total. The lowest BCUT2D eigenvalue weighted by Gasteiger charge is -2.35. The number of hydrogen-bond acceptors (Lipinski definition) is 0. The van der Waals surface area contributed by atoms with Crippen LogP contribution < -0.4 is 0 Å². The van der Waals surface area contributed by atoms with E-state index in [1.807, 2.05) is 0 Å². The Kier molecular flexibility index (Phi) is 2.12. The predicted octanol–water partition coefficient (Wildman–Crippen LogP) is 4.92. The zero-order chi connectivity index (χ0) is 12.2. The minimum Gasteiger partial charge on any atom is -0.0616 e. The third-order valence-corrected chi connectivity index (χ3v) is 5.56. The second-order valence-electron chi connectivity index (χ2n) is 6.52. The van der Waals surface area contributed by atoms with Crippen LogP contribution in [0, 0.1) is 11.8 Å². The lowest BCUT2D eigenvalue weighted by Crippen LogP contribution is -2.29. The van der Waals surface area contributed by atoms with Crippen molar-refractivity contribution >= 4 is 10.8 Å². The third kappa shape index (κ3) is 1.32. The van der Waals surface area contributed by atoms with E-state index in [0.717, 1.165) is 11.8 Å². The molecule has 0 amide bonds. The van der Waals surface area contributed by atoms with Crippen molar-refractivity contribution in [3.8, 4) is 0 Å². The highest BCUT2D eigenvalue weighted by atomic mass is 14.5. The van der Waals surface area contributed by atoms with Crippen LogP contribution in [0.15, 0.2) is 42.5 Å². The molecule has 0 spiro atoms. The van der Waals surface area contributed by atoms with Gasteiger partial charge in [-0.2, -0.15) is 0 Å². The number of hydrogen-bond donors (Lipinski definition) is 0. The van der Waals surface area contributed by atoms with E-state index in [2.05, 4.69) is 49.4 Å². The normalized spacial score (nSPS) is 34.3. The van der Waals surface area contributed by atoms with Crippen LogP contribution in [0.4, 0.5) is 0 Å². The molecule has 0 radical (unpaired) electrons. The van der Waals surface area contributed by atoms with Gasteiger partial charge in [0.25, 0.3) is 0 Å². The van der Waals surface area contributed by atoms with Crippen LogP contribution in [-0.4, -0.2) is 0 Å². The van der Waals surface area contributed by atoms with Gasteiger partial charge in [-0.05, 0) is 52.8 Å². The van der Waals surface area contributed by atoms with Crippen LogP contribution in [0.25, 0.3) is 10.8 Å². The van der Waals surface area contributed by atoms with Crippen molar-refractivity contribution in [3.63, 3.8) is 0 Å². The Bertz CT molecular complexity index is 593. The monoisotopic (exact) mass is 236 g/mol. The minimum atomic E-state index is 0.434. The average molecular weight is 236 g/mol. The average Bonchev–Trinajstić information content (AvgIpc) is 2.98. The minimum absolute atomic E-state index is 0.434. The lowest BCUT2D eigenvalue weighted by molar-refractivity contribution is 0.295. The van der Waals surface area contributed by atoms with E-state index in [9.17, 15) is 0 Å². The molecule has 0 aliphatic heterocycles. The molecule has 0 heterocycles. The standard InChI is InChI=1S/C18H20/c1-18(12-13-9-10-15(18)11-13)17-8-4-6-14-5-2-3-7-16(14)17/h2-8,13,15H,9-12H2,1H3. The van der Waals surface area contributed by atoms with Crippen LogP contribution >= 0.6 is 0 Å². The summed E-state index contributed by atoms with van der Waals surface area (Å²) in [5.74, 6) is 1.92. The Labute approximate surface area is 109 Å². The van der Waals surface area contributed by atoms with Gasteiger partial charge >= 0.3 is 0 Å². The van der Waals surface area contributed by atoms with Crippen molar-refractivity contribution in [2.45, 2.75) is 38.0 Å². The highest BCUT2D eigenvalue weighted by molar-refractivity contribution is 5.86. The number of rotatable bonds is 1. The summed E-state index contributed by atoms with van der Waals surface area (Å²) in [6, 6.07) is 15.8. The van der Waals surface area contributed by atoms with Crippen molar-refractivity contribution in [2.75, 3.05) is 0 Å². The smallest absolute Gasteiger partial charge is 0.00382 e. The van der Waals surface area contributed by atoms with E-state index >= 15 is 0 Å². The molecule has 3 unspecified atom stereocenters. The van der Waals surface area contributed by atoms with Crippen LogP contribution in [0.2, 0.25) is 0 Å². The Hall–Kier alpha value is -1.30. The predicted molar refractivity (Wildman–Crippen MR) is 76.7 cm³/mol. The molecule has 3 atom stereocenters. The van der Waals surface area contributed by atoms with Crippen LogP contribution in [0.1, 0.15) is 38.2 Å². The molecule has 0 heteroatoms. The van der Waals surface area contributed by atoms with Crippen LogP contribution in [-0.2, 0) is 5.41 Å². The van der Waals surface area contributed by atoms with Gasteiger partial charge in [-0.3, -0.25) is 0 Å². The number of benzene rings is 2. The fourth-order valence-corrected chi connectivity index (χ4v) is 4.66. The Morgan fingerprint density at radius 3 is 2.61 bits per heavy atom. The molecule has 92 valence electrons. The maximum atomic E-state index is 2.51. The summed E-state index contributed by atoms with van der Waals surface area (Å²) in [6.45, 7) is 2.51. The fraction of sp³-hybridized carbons (Fsp3) is 0.444. The summed E-state index contributed by atoms with van der Waals surface area (Å²) in [7, 11) is 0. The van der Waals surface area contributed by atoms with Gasteiger partial charge in [-0.25, -0.2) is 0 Å². The molecule has 2 fully saturated rings. The van der Waals surface area contributed by atoms with Gasteiger partial charge in [0, 0.05) is 0 Å². The summed E-state index contributed by atoms with van der Waals surface area (Å²) in [4.78, 5) is 0. The SMILES string of the molecule is CC1(c2cccc3ccccc23)CC2CCC1C2. The molecule has 0 saturated heterocycles. The van der Waals surface area contributed by atoms with Crippen molar-refractivity contribution in [3.05, 3.63) is 48.0 Å². The van der Waals surface area contributed by atoms with Crippen molar-refractivity contribution < 1.29 is 0 Å².